The van der Waals surface area contributed by atoms with Crippen molar-refractivity contribution in [3.8, 4) is 0 Å². The van der Waals surface area contributed by atoms with Crippen LogP contribution in [0.4, 0.5) is 5.69 Å². The van der Waals surface area contributed by atoms with Crippen LogP contribution in [0.1, 0.15) is 43.5 Å². The summed E-state index contributed by atoms with van der Waals surface area (Å²) in [5, 5.41) is 2.90. The van der Waals surface area contributed by atoms with Crippen molar-refractivity contribution in [3.63, 3.8) is 0 Å². The third kappa shape index (κ3) is 5.09. The summed E-state index contributed by atoms with van der Waals surface area (Å²) in [5.74, 6) is -0.577. The number of nitrogens with zero attached hydrogens (tertiary/aromatic N) is 1. The summed E-state index contributed by atoms with van der Waals surface area (Å²) in [7, 11) is 0. The van der Waals surface area contributed by atoms with E-state index in [-0.39, 0.29) is 18.2 Å². The standard InChI is InChI=1S/C17H22N2O4/c1-3-23-17(22)13-4-8-15(9-5-13)19(12(2)20)11-10-16(21)18-14-6-7-14/h4-5,8-9,14H,3,6-7,10-11H2,1-2H3,(H,18,21). The smallest absolute Gasteiger partial charge is 0.338 e. The number of nitrogens with one attached hydrogen (secondary N) is 1. The van der Waals surface area contributed by atoms with Gasteiger partial charge in [0.2, 0.25) is 11.8 Å². The number of carbonyl (C=O) groups is 3. The summed E-state index contributed by atoms with van der Waals surface area (Å²) in [6, 6.07) is 6.93. The Labute approximate surface area is 135 Å². The van der Waals surface area contributed by atoms with Gasteiger partial charge in [-0.2, -0.15) is 0 Å². The number of amides is 2. The quantitative estimate of drug-likeness (QED) is 0.779. The predicted octanol–water partition coefficient (Wildman–Crippen LogP) is 1.88. The average molecular weight is 318 g/mol. The number of hydrogen-bond acceptors (Lipinski definition) is 4. The summed E-state index contributed by atoms with van der Waals surface area (Å²) >= 11 is 0. The molecule has 1 aromatic rings. The predicted molar refractivity (Wildman–Crippen MR) is 86.2 cm³/mol. The first-order chi connectivity index (χ1) is 11.0. The minimum absolute atomic E-state index is 0.0399. The van der Waals surface area contributed by atoms with Crippen molar-refractivity contribution < 1.29 is 19.1 Å². The molecule has 23 heavy (non-hydrogen) atoms. The van der Waals surface area contributed by atoms with Crippen LogP contribution in [0.5, 0.6) is 0 Å². The molecule has 1 aliphatic rings. The van der Waals surface area contributed by atoms with Gasteiger partial charge in [0.05, 0.1) is 12.2 Å². The number of rotatable bonds is 7. The van der Waals surface area contributed by atoms with Gasteiger partial charge in [-0.25, -0.2) is 4.79 Å². The second kappa shape index (κ2) is 7.76. The van der Waals surface area contributed by atoms with Crippen LogP contribution in [0.25, 0.3) is 0 Å². The van der Waals surface area contributed by atoms with E-state index in [0.29, 0.717) is 30.4 Å². The lowest BCUT2D eigenvalue weighted by atomic mass is 10.2. The Balaban J connectivity index is 1.97. The molecule has 0 aliphatic heterocycles. The van der Waals surface area contributed by atoms with Gasteiger partial charge in [0.25, 0.3) is 0 Å². The molecule has 0 unspecified atom stereocenters. The van der Waals surface area contributed by atoms with Gasteiger partial charge >= 0.3 is 5.97 Å². The molecule has 124 valence electrons. The number of ether oxygens (including phenoxy) is 1. The molecule has 2 rings (SSSR count). The highest BCUT2D eigenvalue weighted by Crippen LogP contribution is 2.19. The van der Waals surface area contributed by atoms with E-state index >= 15 is 0 Å². The van der Waals surface area contributed by atoms with Gasteiger partial charge in [-0.1, -0.05) is 0 Å². The van der Waals surface area contributed by atoms with Gasteiger partial charge in [0.1, 0.15) is 0 Å². The molecule has 0 radical (unpaired) electrons. The maximum atomic E-state index is 11.8. The largest absolute Gasteiger partial charge is 0.462 e. The van der Waals surface area contributed by atoms with Crippen LogP contribution in [0.2, 0.25) is 0 Å². The van der Waals surface area contributed by atoms with Crippen molar-refractivity contribution in [2.75, 3.05) is 18.1 Å². The molecule has 0 bridgehead atoms. The highest BCUT2D eigenvalue weighted by Gasteiger charge is 2.23. The zero-order chi connectivity index (χ0) is 16.8. The van der Waals surface area contributed by atoms with E-state index in [1.165, 1.54) is 11.8 Å². The van der Waals surface area contributed by atoms with E-state index < -0.39 is 5.97 Å². The van der Waals surface area contributed by atoms with Crippen molar-refractivity contribution in [2.24, 2.45) is 0 Å². The number of hydrogen-bond donors (Lipinski definition) is 1. The molecule has 1 N–H and O–H groups in total. The SMILES string of the molecule is CCOC(=O)c1ccc(N(CCC(=O)NC2CC2)C(C)=O)cc1. The van der Waals surface area contributed by atoms with Crippen molar-refractivity contribution in [2.45, 2.75) is 39.2 Å². The summed E-state index contributed by atoms with van der Waals surface area (Å²) in [4.78, 5) is 36.7. The topological polar surface area (TPSA) is 75.7 Å². The van der Waals surface area contributed by atoms with E-state index in [2.05, 4.69) is 5.32 Å². The van der Waals surface area contributed by atoms with Gasteiger partial charge in [0.15, 0.2) is 0 Å². The fourth-order valence-electron chi connectivity index (χ4n) is 2.20. The first-order valence-electron chi connectivity index (χ1n) is 7.86. The second-order valence-corrected chi connectivity index (χ2v) is 5.53. The molecule has 6 nitrogen and oxygen atoms in total. The molecule has 1 fully saturated rings. The van der Waals surface area contributed by atoms with E-state index in [4.69, 9.17) is 4.74 Å². The lowest BCUT2D eigenvalue weighted by Gasteiger charge is -2.21. The fraction of sp³-hybridized carbons (Fsp3) is 0.471. The van der Waals surface area contributed by atoms with Crippen molar-refractivity contribution in [1.29, 1.82) is 0 Å². The van der Waals surface area contributed by atoms with Crippen LogP contribution >= 0.6 is 0 Å². The van der Waals surface area contributed by atoms with Crippen molar-refractivity contribution in [1.82, 2.24) is 5.32 Å². The zero-order valence-corrected chi connectivity index (χ0v) is 13.5. The summed E-state index contributed by atoms with van der Waals surface area (Å²) in [5.41, 5.74) is 1.09. The fourth-order valence-corrected chi connectivity index (χ4v) is 2.20. The second-order valence-electron chi connectivity index (χ2n) is 5.53. The average Bonchev–Trinajstić information content (AvgIpc) is 3.32. The Morgan fingerprint density at radius 1 is 1.22 bits per heavy atom. The van der Waals surface area contributed by atoms with E-state index in [1.807, 2.05) is 0 Å². The molecule has 1 saturated carbocycles. The minimum Gasteiger partial charge on any atom is -0.462 e. The molecule has 1 aromatic carbocycles. The molecule has 0 spiro atoms. The Kier molecular flexibility index (Phi) is 5.73. The molecule has 1 aliphatic carbocycles. The Morgan fingerprint density at radius 2 is 1.87 bits per heavy atom. The summed E-state index contributed by atoms with van der Waals surface area (Å²) in [6.45, 7) is 3.83. The molecule has 0 atom stereocenters. The number of esters is 1. The van der Waals surface area contributed by atoms with Gasteiger partial charge in [0, 0.05) is 31.6 Å². The lowest BCUT2D eigenvalue weighted by molar-refractivity contribution is -0.121. The van der Waals surface area contributed by atoms with Crippen LogP contribution < -0.4 is 10.2 Å². The number of benzene rings is 1. The highest BCUT2D eigenvalue weighted by atomic mass is 16.5. The van der Waals surface area contributed by atoms with Crippen LogP contribution in [0.15, 0.2) is 24.3 Å². The molecular formula is C17H22N2O4. The van der Waals surface area contributed by atoms with Gasteiger partial charge in [-0.05, 0) is 44.0 Å². The first kappa shape index (κ1) is 17.0. The van der Waals surface area contributed by atoms with Crippen molar-refractivity contribution >= 4 is 23.5 Å². The Hall–Kier alpha value is -2.37. The third-order valence-corrected chi connectivity index (χ3v) is 3.58. The van der Waals surface area contributed by atoms with Crippen molar-refractivity contribution in [3.05, 3.63) is 29.8 Å². The monoisotopic (exact) mass is 318 g/mol. The van der Waals surface area contributed by atoms with Gasteiger partial charge in [-0.15, -0.1) is 0 Å². The van der Waals surface area contributed by atoms with Crippen LogP contribution in [-0.4, -0.2) is 37.0 Å². The number of carbonyl (C=O) groups excluding carboxylic acids is 3. The van der Waals surface area contributed by atoms with Gasteiger partial charge < -0.3 is 15.0 Å². The van der Waals surface area contributed by atoms with Crippen LogP contribution in [-0.2, 0) is 14.3 Å². The third-order valence-electron chi connectivity index (χ3n) is 3.58. The lowest BCUT2D eigenvalue weighted by Crippen LogP contribution is -2.34. The first-order valence-corrected chi connectivity index (χ1v) is 7.86. The molecule has 6 heteroatoms. The highest BCUT2D eigenvalue weighted by molar-refractivity contribution is 5.94. The molecule has 2 amide bonds. The van der Waals surface area contributed by atoms with E-state index in [9.17, 15) is 14.4 Å². The maximum Gasteiger partial charge on any atom is 0.338 e. The maximum absolute atomic E-state index is 11.8. The van der Waals surface area contributed by atoms with E-state index in [1.54, 1.807) is 31.2 Å². The molecule has 0 saturated heterocycles. The number of anilines is 1. The Bertz CT molecular complexity index is 579. The van der Waals surface area contributed by atoms with E-state index in [0.717, 1.165) is 12.8 Å². The Morgan fingerprint density at radius 3 is 2.39 bits per heavy atom. The normalized spacial score (nSPS) is 13.3. The molecule has 0 aromatic heterocycles. The van der Waals surface area contributed by atoms with Gasteiger partial charge in [-0.3, -0.25) is 9.59 Å². The zero-order valence-electron chi connectivity index (χ0n) is 13.5. The summed E-state index contributed by atoms with van der Waals surface area (Å²) < 4.78 is 4.93. The summed E-state index contributed by atoms with van der Waals surface area (Å²) in [6.07, 6.45) is 2.34. The molecular weight excluding hydrogens is 296 g/mol. The molecule has 0 heterocycles. The van der Waals surface area contributed by atoms with Crippen LogP contribution in [0.3, 0.4) is 0 Å². The van der Waals surface area contributed by atoms with Crippen LogP contribution in [0, 0.1) is 0 Å². The minimum atomic E-state index is -0.391.